The van der Waals surface area contributed by atoms with Crippen LogP contribution in [-0.2, 0) is 22.6 Å². The van der Waals surface area contributed by atoms with Crippen molar-refractivity contribution in [2.45, 2.75) is 50.7 Å². The van der Waals surface area contributed by atoms with Crippen LogP contribution in [0.5, 0.6) is 0 Å². The highest BCUT2D eigenvalue weighted by molar-refractivity contribution is 5.94. The minimum absolute atomic E-state index is 0.0591. The number of ether oxygens (including phenoxy) is 1. The molecule has 1 aliphatic rings. The summed E-state index contributed by atoms with van der Waals surface area (Å²) in [5, 5.41) is 2.81. The molecule has 0 radical (unpaired) electrons. The molecule has 4 nitrogen and oxygen atoms in total. The number of carbonyl (C=O) groups is 2. The third kappa shape index (κ3) is 5.87. The minimum Gasteiger partial charge on any atom is -0.461 e. The van der Waals surface area contributed by atoms with E-state index in [-0.39, 0.29) is 56.6 Å². The predicted molar refractivity (Wildman–Crippen MR) is 101 cm³/mol. The van der Waals surface area contributed by atoms with Gasteiger partial charge in [-0.05, 0) is 36.1 Å². The summed E-state index contributed by atoms with van der Waals surface area (Å²) in [6, 6.07) is 15.9. The number of carbonyl (C=O) groups excluding carboxylic acids is 2. The van der Waals surface area contributed by atoms with Gasteiger partial charge in [-0.2, -0.15) is 0 Å². The molecule has 0 heterocycles. The van der Waals surface area contributed by atoms with E-state index in [4.69, 9.17) is 4.74 Å². The number of hydrogen-bond donors (Lipinski definition) is 1. The lowest BCUT2D eigenvalue weighted by Crippen LogP contribution is -2.40. The second-order valence-electron chi connectivity index (χ2n) is 7.13. The van der Waals surface area contributed by atoms with Gasteiger partial charge >= 0.3 is 5.97 Å². The van der Waals surface area contributed by atoms with Gasteiger partial charge in [0, 0.05) is 24.4 Å². The van der Waals surface area contributed by atoms with E-state index in [1.165, 1.54) is 0 Å². The van der Waals surface area contributed by atoms with Crippen LogP contribution in [0.1, 0.15) is 47.2 Å². The van der Waals surface area contributed by atoms with Gasteiger partial charge in [-0.25, -0.2) is 8.78 Å². The van der Waals surface area contributed by atoms with Gasteiger partial charge in [-0.15, -0.1) is 0 Å². The molecule has 0 unspecified atom stereocenters. The highest BCUT2D eigenvalue weighted by Gasteiger charge is 2.35. The molecule has 1 fully saturated rings. The third-order valence-corrected chi connectivity index (χ3v) is 4.83. The Morgan fingerprint density at radius 3 is 2.39 bits per heavy atom. The van der Waals surface area contributed by atoms with Crippen molar-refractivity contribution in [1.29, 1.82) is 0 Å². The van der Waals surface area contributed by atoms with Crippen LogP contribution in [0.15, 0.2) is 54.6 Å². The van der Waals surface area contributed by atoms with Crippen LogP contribution < -0.4 is 5.32 Å². The lowest BCUT2D eigenvalue weighted by molar-refractivity contribution is -0.144. The zero-order chi connectivity index (χ0) is 20.0. The Morgan fingerprint density at radius 2 is 1.68 bits per heavy atom. The summed E-state index contributed by atoms with van der Waals surface area (Å²) in [6.07, 6.45) is 0.189. The van der Waals surface area contributed by atoms with Crippen molar-refractivity contribution >= 4 is 11.9 Å². The van der Waals surface area contributed by atoms with Gasteiger partial charge in [0.2, 0.25) is 5.92 Å². The first-order chi connectivity index (χ1) is 13.4. The summed E-state index contributed by atoms with van der Waals surface area (Å²) in [5.74, 6) is -3.31. The summed E-state index contributed by atoms with van der Waals surface area (Å²) < 4.78 is 31.7. The maximum absolute atomic E-state index is 13.2. The molecule has 1 amide bonds. The molecule has 0 aromatic heterocycles. The quantitative estimate of drug-likeness (QED) is 0.753. The Morgan fingerprint density at radius 1 is 1.00 bits per heavy atom. The third-order valence-electron chi connectivity index (χ3n) is 4.83. The number of esters is 1. The van der Waals surface area contributed by atoms with Crippen molar-refractivity contribution in [3.05, 3.63) is 71.3 Å². The van der Waals surface area contributed by atoms with Crippen LogP contribution in [-0.4, -0.2) is 23.8 Å². The summed E-state index contributed by atoms with van der Waals surface area (Å²) in [7, 11) is 0. The molecule has 28 heavy (non-hydrogen) atoms. The van der Waals surface area contributed by atoms with E-state index in [0.717, 1.165) is 5.56 Å². The van der Waals surface area contributed by atoms with Crippen molar-refractivity contribution in [1.82, 2.24) is 5.32 Å². The lowest BCUT2D eigenvalue weighted by atomic mass is 9.92. The van der Waals surface area contributed by atoms with E-state index < -0.39 is 5.92 Å². The van der Waals surface area contributed by atoms with Gasteiger partial charge in [-0.3, -0.25) is 9.59 Å². The van der Waals surface area contributed by atoms with Crippen molar-refractivity contribution in [3.8, 4) is 0 Å². The fourth-order valence-corrected chi connectivity index (χ4v) is 3.23. The first-order valence-electron chi connectivity index (χ1n) is 9.38. The van der Waals surface area contributed by atoms with Gasteiger partial charge in [0.15, 0.2) is 0 Å². The maximum atomic E-state index is 13.2. The largest absolute Gasteiger partial charge is 0.461 e. The average molecular weight is 387 g/mol. The molecule has 1 saturated carbocycles. The van der Waals surface area contributed by atoms with E-state index in [1.54, 1.807) is 24.3 Å². The van der Waals surface area contributed by atoms with Crippen LogP contribution >= 0.6 is 0 Å². The molecule has 3 rings (SSSR count). The second kappa shape index (κ2) is 8.95. The monoisotopic (exact) mass is 387 g/mol. The Hall–Kier alpha value is -2.76. The summed E-state index contributed by atoms with van der Waals surface area (Å²) >= 11 is 0. The van der Waals surface area contributed by atoms with Crippen LogP contribution in [0, 0.1) is 0 Å². The number of nitrogens with one attached hydrogen (secondary N) is 1. The summed E-state index contributed by atoms with van der Waals surface area (Å²) in [6.45, 7) is 0.201. The van der Waals surface area contributed by atoms with Crippen molar-refractivity contribution in [2.24, 2.45) is 0 Å². The molecule has 2 aromatic rings. The van der Waals surface area contributed by atoms with E-state index in [1.807, 2.05) is 30.3 Å². The zero-order valence-corrected chi connectivity index (χ0v) is 15.5. The highest BCUT2D eigenvalue weighted by Crippen LogP contribution is 2.33. The van der Waals surface area contributed by atoms with Gasteiger partial charge in [0.25, 0.3) is 5.91 Å². The molecular formula is C22H23F2NO3. The van der Waals surface area contributed by atoms with Crippen molar-refractivity contribution < 1.29 is 23.1 Å². The number of benzene rings is 2. The first-order valence-corrected chi connectivity index (χ1v) is 9.38. The van der Waals surface area contributed by atoms with Crippen LogP contribution in [0.3, 0.4) is 0 Å². The van der Waals surface area contributed by atoms with Gasteiger partial charge in [0.1, 0.15) is 6.61 Å². The SMILES string of the molecule is O=C(Cc1cccc(C(=O)NC2CCC(F)(F)CC2)c1)OCc1ccccc1. The first kappa shape index (κ1) is 20.0. The molecule has 148 valence electrons. The number of halogens is 2. The number of hydrogen-bond acceptors (Lipinski definition) is 3. The number of alkyl halides is 2. The van der Waals surface area contributed by atoms with Gasteiger partial charge in [-0.1, -0.05) is 42.5 Å². The Bertz CT molecular complexity index is 814. The molecule has 0 saturated heterocycles. The standard InChI is InChI=1S/C22H23F2NO3/c23-22(24)11-9-19(10-12-22)25-21(27)18-8-4-7-17(13-18)14-20(26)28-15-16-5-2-1-3-6-16/h1-8,13,19H,9-12,14-15H2,(H,25,27). The van der Waals surface area contributed by atoms with Gasteiger partial charge in [0.05, 0.1) is 6.42 Å². The molecule has 0 spiro atoms. The van der Waals surface area contributed by atoms with Gasteiger partial charge < -0.3 is 10.1 Å². The van der Waals surface area contributed by atoms with Crippen molar-refractivity contribution in [2.75, 3.05) is 0 Å². The molecule has 2 aromatic carbocycles. The van der Waals surface area contributed by atoms with E-state index in [2.05, 4.69) is 5.32 Å². The smallest absolute Gasteiger partial charge is 0.310 e. The van der Waals surface area contributed by atoms with Crippen LogP contribution in [0.4, 0.5) is 8.78 Å². The molecule has 1 N–H and O–H groups in total. The molecule has 1 aliphatic carbocycles. The van der Waals surface area contributed by atoms with E-state index in [9.17, 15) is 18.4 Å². The molecular weight excluding hydrogens is 364 g/mol. The fourth-order valence-electron chi connectivity index (χ4n) is 3.23. The highest BCUT2D eigenvalue weighted by atomic mass is 19.3. The minimum atomic E-state index is -2.62. The zero-order valence-electron chi connectivity index (χ0n) is 15.5. The predicted octanol–water partition coefficient (Wildman–Crippen LogP) is 4.28. The fraction of sp³-hybridized carbons (Fsp3) is 0.364. The topological polar surface area (TPSA) is 55.4 Å². The van der Waals surface area contributed by atoms with E-state index >= 15 is 0 Å². The van der Waals surface area contributed by atoms with Crippen LogP contribution in [0.2, 0.25) is 0 Å². The maximum Gasteiger partial charge on any atom is 0.310 e. The number of amides is 1. The molecule has 6 heteroatoms. The lowest BCUT2D eigenvalue weighted by Gasteiger charge is -2.28. The average Bonchev–Trinajstić information content (AvgIpc) is 2.69. The Kier molecular flexibility index (Phi) is 6.39. The van der Waals surface area contributed by atoms with Crippen LogP contribution in [0.25, 0.3) is 0 Å². The molecule has 0 bridgehead atoms. The molecule has 0 atom stereocenters. The Labute approximate surface area is 162 Å². The van der Waals surface area contributed by atoms with Crippen molar-refractivity contribution in [3.63, 3.8) is 0 Å². The Balaban J connectivity index is 1.51. The summed E-state index contributed by atoms with van der Waals surface area (Å²) in [4.78, 5) is 24.5. The molecule has 0 aliphatic heterocycles. The summed E-state index contributed by atoms with van der Waals surface area (Å²) in [5.41, 5.74) is 1.98. The normalized spacial score (nSPS) is 16.4. The van der Waals surface area contributed by atoms with E-state index in [0.29, 0.717) is 11.1 Å². The number of rotatable bonds is 6. The second-order valence-corrected chi connectivity index (χ2v) is 7.13.